The molecule has 2 aliphatic rings. The van der Waals surface area contributed by atoms with E-state index in [1.807, 2.05) is 0 Å². The highest BCUT2D eigenvalue weighted by Crippen LogP contribution is 2.36. The van der Waals surface area contributed by atoms with Crippen LogP contribution in [-0.2, 0) is 19.6 Å². The van der Waals surface area contributed by atoms with Crippen LogP contribution in [0.15, 0.2) is 47.4 Å². The summed E-state index contributed by atoms with van der Waals surface area (Å²) in [5.41, 5.74) is 1.09. The van der Waals surface area contributed by atoms with Crippen molar-refractivity contribution < 1.29 is 27.5 Å². The SMILES string of the molecule is CC1Oc2ccc(NC(=O)c3ccc(S(=O)(=O)N(C)C)cc3)cc2N(CC(=O)N2CCCCC2)C1=O. The van der Waals surface area contributed by atoms with E-state index in [0.29, 0.717) is 30.2 Å². The molecule has 0 spiro atoms. The number of piperidine rings is 1. The fourth-order valence-corrected chi connectivity index (χ4v) is 5.12. The molecule has 1 N–H and O–H groups in total. The average Bonchev–Trinajstić information content (AvgIpc) is 2.87. The quantitative estimate of drug-likeness (QED) is 0.633. The van der Waals surface area contributed by atoms with Crippen LogP contribution in [0.5, 0.6) is 5.75 Å². The van der Waals surface area contributed by atoms with E-state index in [9.17, 15) is 22.8 Å². The van der Waals surface area contributed by atoms with Gasteiger partial charge in [0.1, 0.15) is 12.3 Å². The molecule has 0 bridgehead atoms. The van der Waals surface area contributed by atoms with Gasteiger partial charge in [0.15, 0.2) is 6.10 Å². The molecular weight excluding hydrogens is 484 g/mol. The van der Waals surface area contributed by atoms with E-state index in [1.54, 1.807) is 30.0 Å². The Morgan fingerprint density at radius 1 is 1.06 bits per heavy atom. The first-order valence-electron chi connectivity index (χ1n) is 11.8. The molecule has 192 valence electrons. The van der Waals surface area contributed by atoms with Gasteiger partial charge in [-0.3, -0.25) is 19.3 Å². The highest BCUT2D eigenvalue weighted by molar-refractivity contribution is 7.89. The monoisotopic (exact) mass is 514 g/mol. The first kappa shape index (κ1) is 25.6. The van der Waals surface area contributed by atoms with Gasteiger partial charge in [-0.05, 0) is 68.7 Å². The Bertz CT molecular complexity index is 1270. The third kappa shape index (κ3) is 5.21. The highest BCUT2D eigenvalue weighted by Gasteiger charge is 2.34. The van der Waals surface area contributed by atoms with Crippen molar-refractivity contribution in [2.75, 3.05) is 43.9 Å². The summed E-state index contributed by atoms with van der Waals surface area (Å²) in [7, 11) is -0.733. The Labute approximate surface area is 210 Å². The van der Waals surface area contributed by atoms with Gasteiger partial charge in [-0.25, -0.2) is 12.7 Å². The fraction of sp³-hybridized carbons (Fsp3) is 0.400. The lowest BCUT2D eigenvalue weighted by Crippen LogP contribution is -2.50. The number of amides is 3. The van der Waals surface area contributed by atoms with E-state index in [2.05, 4.69) is 5.32 Å². The van der Waals surface area contributed by atoms with E-state index >= 15 is 0 Å². The van der Waals surface area contributed by atoms with E-state index in [4.69, 9.17) is 4.74 Å². The lowest BCUT2D eigenvalue weighted by molar-refractivity contribution is -0.133. The zero-order chi connectivity index (χ0) is 26.0. The van der Waals surface area contributed by atoms with Gasteiger partial charge in [0, 0.05) is 38.4 Å². The standard InChI is InChI=1S/C25H30N4O6S/c1-17-25(32)29(16-23(30)28-13-5-4-6-14-28)21-15-19(9-12-22(21)35-17)26-24(31)18-7-10-20(11-8-18)36(33,34)27(2)3/h7-12,15,17H,4-6,13-14,16H2,1-3H3,(H,26,31). The number of anilines is 2. The number of ether oxygens (including phenoxy) is 1. The summed E-state index contributed by atoms with van der Waals surface area (Å²) in [6, 6.07) is 10.5. The summed E-state index contributed by atoms with van der Waals surface area (Å²) in [5.74, 6) is -0.444. The fourth-order valence-electron chi connectivity index (χ4n) is 4.22. The second-order valence-corrected chi connectivity index (χ2v) is 11.2. The predicted octanol–water partition coefficient (Wildman–Crippen LogP) is 2.32. The summed E-state index contributed by atoms with van der Waals surface area (Å²) in [4.78, 5) is 41.9. The van der Waals surface area contributed by atoms with Crippen molar-refractivity contribution >= 4 is 39.1 Å². The molecule has 2 aromatic rings. The number of likely N-dealkylation sites (tertiary alicyclic amines) is 1. The molecule has 1 fully saturated rings. The Hall–Kier alpha value is -3.44. The lowest BCUT2D eigenvalue weighted by Gasteiger charge is -2.35. The largest absolute Gasteiger partial charge is 0.479 e. The molecule has 2 aliphatic heterocycles. The highest BCUT2D eigenvalue weighted by atomic mass is 32.2. The van der Waals surface area contributed by atoms with Crippen LogP contribution in [0.3, 0.4) is 0 Å². The Kier molecular flexibility index (Phi) is 7.32. The van der Waals surface area contributed by atoms with Gasteiger partial charge in [0.25, 0.3) is 11.8 Å². The summed E-state index contributed by atoms with van der Waals surface area (Å²) < 4.78 is 31.3. The molecule has 2 aromatic carbocycles. The Morgan fingerprint density at radius 2 is 1.72 bits per heavy atom. The van der Waals surface area contributed by atoms with Crippen molar-refractivity contribution in [3.05, 3.63) is 48.0 Å². The number of fused-ring (bicyclic) bond motifs is 1. The summed E-state index contributed by atoms with van der Waals surface area (Å²) in [6.07, 6.45) is 2.27. The summed E-state index contributed by atoms with van der Waals surface area (Å²) >= 11 is 0. The molecule has 0 saturated carbocycles. The minimum absolute atomic E-state index is 0.0802. The number of hydrogen-bond acceptors (Lipinski definition) is 6. The maximum atomic E-state index is 12.9. The maximum absolute atomic E-state index is 12.9. The van der Waals surface area contributed by atoms with Crippen LogP contribution in [0.4, 0.5) is 11.4 Å². The molecule has 1 atom stereocenters. The number of hydrogen-bond donors (Lipinski definition) is 1. The van der Waals surface area contributed by atoms with E-state index < -0.39 is 22.0 Å². The van der Waals surface area contributed by atoms with Crippen LogP contribution in [0.25, 0.3) is 0 Å². The molecule has 1 saturated heterocycles. The van der Waals surface area contributed by atoms with Gasteiger partial charge in [0.2, 0.25) is 15.9 Å². The molecule has 4 rings (SSSR count). The predicted molar refractivity (Wildman–Crippen MR) is 135 cm³/mol. The van der Waals surface area contributed by atoms with Crippen LogP contribution >= 0.6 is 0 Å². The third-order valence-electron chi connectivity index (χ3n) is 6.32. The van der Waals surface area contributed by atoms with Crippen LogP contribution in [-0.4, -0.2) is 75.2 Å². The smallest absolute Gasteiger partial charge is 0.268 e. The first-order chi connectivity index (χ1) is 17.1. The Balaban J connectivity index is 1.53. The molecule has 1 unspecified atom stereocenters. The van der Waals surface area contributed by atoms with Gasteiger partial charge >= 0.3 is 0 Å². The zero-order valence-corrected chi connectivity index (χ0v) is 21.4. The van der Waals surface area contributed by atoms with E-state index in [1.165, 1.54) is 43.3 Å². The van der Waals surface area contributed by atoms with Crippen LogP contribution in [0, 0.1) is 0 Å². The lowest BCUT2D eigenvalue weighted by atomic mass is 10.1. The number of carbonyl (C=O) groups excluding carboxylic acids is 3. The van der Waals surface area contributed by atoms with Crippen molar-refractivity contribution in [2.24, 2.45) is 0 Å². The van der Waals surface area contributed by atoms with Gasteiger partial charge in [-0.1, -0.05) is 0 Å². The second kappa shape index (κ2) is 10.3. The van der Waals surface area contributed by atoms with Crippen molar-refractivity contribution in [1.82, 2.24) is 9.21 Å². The topological polar surface area (TPSA) is 116 Å². The summed E-state index contributed by atoms with van der Waals surface area (Å²) in [6.45, 7) is 2.91. The molecule has 10 nitrogen and oxygen atoms in total. The van der Waals surface area contributed by atoms with Gasteiger partial charge in [-0.15, -0.1) is 0 Å². The van der Waals surface area contributed by atoms with E-state index in [0.717, 1.165) is 23.6 Å². The van der Waals surface area contributed by atoms with Crippen LogP contribution in [0.2, 0.25) is 0 Å². The molecule has 0 aromatic heterocycles. The molecular formula is C25H30N4O6S. The number of carbonyl (C=O) groups is 3. The second-order valence-electron chi connectivity index (χ2n) is 9.07. The van der Waals surface area contributed by atoms with Crippen molar-refractivity contribution in [3.8, 4) is 5.75 Å². The molecule has 11 heteroatoms. The maximum Gasteiger partial charge on any atom is 0.268 e. The minimum Gasteiger partial charge on any atom is -0.479 e. The van der Waals surface area contributed by atoms with E-state index in [-0.39, 0.29) is 28.8 Å². The molecule has 36 heavy (non-hydrogen) atoms. The normalized spacial score (nSPS) is 18.0. The van der Waals surface area contributed by atoms with Gasteiger partial charge < -0.3 is 15.0 Å². The number of nitrogens with one attached hydrogen (secondary N) is 1. The number of nitrogens with zero attached hydrogens (tertiary/aromatic N) is 3. The van der Waals surface area contributed by atoms with Crippen molar-refractivity contribution in [3.63, 3.8) is 0 Å². The molecule has 0 aliphatic carbocycles. The van der Waals surface area contributed by atoms with Crippen molar-refractivity contribution in [1.29, 1.82) is 0 Å². The average molecular weight is 515 g/mol. The zero-order valence-electron chi connectivity index (χ0n) is 20.6. The third-order valence-corrected chi connectivity index (χ3v) is 8.15. The molecule has 0 radical (unpaired) electrons. The minimum atomic E-state index is -3.60. The first-order valence-corrected chi connectivity index (χ1v) is 13.3. The molecule has 2 heterocycles. The van der Waals surface area contributed by atoms with Gasteiger partial charge in [-0.2, -0.15) is 0 Å². The molecule has 3 amide bonds. The Morgan fingerprint density at radius 3 is 2.36 bits per heavy atom. The van der Waals surface area contributed by atoms with Crippen molar-refractivity contribution in [2.45, 2.75) is 37.2 Å². The number of sulfonamides is 1. The van der Waals surface area contributed by atoms with Gasteiger partial charge in [0.05, 0.1) is 10.6 Å². The number of benzene rings is 2. The summed E-state index contributed by atoms with van der Waals surface area (Å²) in [5, 5.41) is 2.76. The van der Waals surface area contributed by atoms with Crippen LogP contribution in [0.1, 0.15) is 36.5 Å². The number of rotatable bonds is 6. The van der Waals surface area contributed by atoms with Crippen LogP contribution < -0.4 is 15.0 Å².